The topological polar surface area (TPSA) is 47.9 Å². The number of phenols is 1. The Bertz CT molecular complexity index is 866. The van der Waals surface area contributed by atoms with Crippen LogP contribution in [-0.4, -0.2) is 25.2 Å². The minimum Gasteiger partial charge on any atom is -0.504 e. The first-order valence-electron chi connectivity index (χ1n) is 8.38. The molecule has 0 aliphatic rings. The van der Waals surface area contributed by atoms with Crippen LogP contribution in [0.4, 0.5) is 13.2 Å². The molecule has 0 spiro atoms. The van der Waals surface area contributed by atoms with E-state index in [0.29, 0.717) is 16.9 Å². The highest BCUT2D eigenvalue weighted by Gasteiger charge is 2.31. The van der Waals surface area contributed by atoms with Crippen molar-refractivity contribution in [3.8, 4) is 23.0 Å². The summed E-state index contributed by atoms with van der Waals surface area (Å²) in [5.41, 5.74) is 2.19. The molecule has 0 aliphatic carbocycles. The standard InChI is InChI=1S/C21H21F3O4/c1-14(2)8-9-27-17-10-16(11-18(13-17)28-21(22,23)24)5-4-15-6-7-19(25)20(12-15)26-3/h4-8,10-13,25H,9H2,1-3H3/b5-4+. The summed E-state index contributed by atoms with van der Waals surface area (Å²) in [4.78, 5) is 0. The Labute approximate surface area is 161 Å². The van der Waals surface area contributed by atoms with Gasteiger partial charge in [0.15, 0.2) is 11.5 Å². The molecule has 1 N–H and O–H groups in total. The van der Waals surface area contributed by atoms with Gasteiger partial charge >= 0.3 is 6.36 Å². The fraction of sp³-hybridized carbons (Fsp3) is 0.238. The van der Waals surface area contributed by atoms with Crippen LogP contribution in [0.25, 0.3) is 12.2 Å². The van der Waals surface area contributed by atoms with E-state index >= 15 is 0 Å². The van der Waals surface area contributed by atoms with E-state index in [1.54, 1.807) is 30.4 Å². The molecule has 2 rings (SSSR count). The molecular weight excluding hydrogens is 373 g/mol. The van der Waals surface area contributed by atoms with Gasteiger partial charge in [-0.3, -0.25) is 0 Å². The number of allylic oxidation sites excluding steroid dienone is 1. The number of aromatic hydroxyl groups is 1. The maximum absolute atomic E-state index is 12.6. The molecule has 0 unspecified atom stereocenters. The Morgan fingerprint density at radius 2 is 1.68 bits per heavy atom. The van der Waals surface area contributed by atoms with E-state index in [4.69, 9.17) is 9.47 Å². The van der Waals surface area contributed by atoms with Gasteiger partial charge < -0.3 is 19.3 Å². The highest BCUT2D eigenvalue weighted by molar-refractivity contribution is 5.72. The normalized spacial score (nSPS) is 11.4. The summed E-state index contributed by atoms with van der Waals surface area (Å²) in [5, 5.41) is 9.63. The molecule has 2 aromatic carbocycles. The summed E-state index contributed by atoms with van der Waals surface area (Å²) >= 11 is 0. The van der Waals surface area contributed by atoms with E-state index in [2.05, 4.69) is 4.74 Å². The number of hydrogen-bond acceptors (Lipinski definition) is 4. The van der Waals surface area contributed by atoms with Crippen LogP contribution in [0.3, 0.4) is 0 Å². The van der Waals surface area contributed by atoms with E-state index in [9.17, 15) is 18.3 Å². The lowest BCUT2D eigenvalue weighted by Gasteiger charge is -2.12. The molecule has 0 atom stereocenters. The third-order valence-electron chi connectivity index (χ3n) is 3.55. The fourth-order valence-electron chi connectivity index (χ4n) is 2.26. The lowest BCUT2D eigenvalue weighted by atomic mass is 10.1. The number of benzene rings is 2. The van der Waals surface area contributed by atoms with Gasteiger partial charge in [0.2, 0.25) is 0 Å². The zero-order chi connectivity index (χ0) is 20.7. The smallest absolute Gasteiger partial charge is 0.504 e. The lowest BCUT2D eigenvalue weighted by Crippen LogP contribution is -2.17. The van der Waals surface area contributed by atoms with Crippen molar-refractivity contribution in [3.63, 3.8) is 0 Å². The van der Waals surface area contributed by atoms with Crippen molar-refractivity contribution < 1.29 is 32.5 Å². The Kier molecular flexibility index (Phi) is 6.98. The first-order chi connectivity index (χ1) is 13.2. The quantitative estimate of drug-likeness (QED) is 0.475. The Morgan fingerprint density at radius 3 is 2.32 bits per heavy atom. The molecular formula is C21H21F3O4. The third kappa shape index (κ3) is 6.90. The van der Waals surface area contributed by atoms with Crippen LogP contribution in [-0.2, 0) is 0 Å². The summed E-state index contributed by atoms with van der Waals surface area (Å²) in [7, 11) is 1.43. The summed E-state index contributed by atoms with van der Waals surface area (Å²) in [6, 6.07) is 8.78. The average molecular weight is 394 g/mol. The minimum atomic E-state index is -4.80. The molecule has 7 heteroatoms. The average Bonchev–Trinajstić information content (AvgIpc) is 2.59. The molecule has 0 fully saturated rings. The van der Waals surface area contributed by atoms with Gasteiger partial charge in [0.25, 0.3) is 0 Å². The van der Waals surface area contributed by atoms with E-state index < -0.39 is 6.36 Å². The van der Waals surface area contributed by atoms with Gasteiger partial charge in [0, 0.05) is 6.07 Å². The zero-order valence-corrected chi connectivity index (χ0v) is 15.7. The molecule has 0 aliphatic heterocycles. The zero-order valence-electron chi connectivity index (χ0n) is 15.7. The number of methoxy groups -OCH3 is 1. The molecule has 0 bridgehead atoms. The molecule has 28 heavy (non-hydrogen) atoms. The Morgan fingerprint density at radius 1 is 1.00 bits per heavy atom. The van der Waals surface area contributed by atoms with Crippen molar-refractivity contribution in [2.45, 2.75) is 20.2 Å². The van der Waals surface area contributed by atoms with Crippen molar-refractivity contribution in [2.24, 2.45) is 0 Å². The molecule has 0 saturated carbocycles. The van der Waals surface area contributed by atoms with E-state index in [1.807, 2.05) is 19.9 Å². The summed E-state index contributed by atoms with van der Waals surface area (Å²) in [6.07, 6.45) is 0.302. The second-order valence-electron chi connectivity index (χ2n) is 6.14. The van der Waals surface area contributed by atoms with Gasteiger partial charge in [-0.25, -0.2) is 0 Å². The van der Waals surface area contributed by atoms with Gasteiger partial charge in [0.05, 0.1) is 7.11 Å². The summed E-state index contributed by atoms with van der Waals surface area (Å²) < 4.78 is 52.4. The number of alkyl halides is 3. The molecule has 0 radical (unpaired) electrons. The maximum Gasteiger partial charge on any atom is 0.573 e. The first kappa shape index (κ1) is 21.2. The maximum atomic E-state index is 12.6. The van der Waals surface area contributed by atoms with Gasteiger partial charge in [-0.15, -0.1) is 13.2 Å². The van der Waals surface area contributed by atoms with Crippen LogP contribution in [0.1, 0.15) is 25.0 Å². The molecule has 2 aromatic rings. The van der Waals surface area contributed by atoms with E-state index in [1.165, 1.54) is 25.3 Å². The van der Waals surface area contributed by atoms with Crippen LogP contribution < -0.4 is 14.2 Å². The van der Waals surface area contributed by atoms with Crippen molar-refractivity contribution >= 4 is 12.2 Å². The molecule has 0 heterocycles. The highest BCUT2D eigenvalue weighted by Crippen LogP contribution is 2.30. The third-order valence-corrected chi connectivity index (χ3v) is 3.55. The molecule has 0 aromatic heterocycles. The lowest BCUT2D eigenvalue weighted by molar-refractivity contribution is -0.274. The second kappa shape index (κ2) is 9.21. The highest BCUT2D eigenvalue weighted by atomic mass is 19.4. The predicted molar refractivity (Wildman–Crippen MR) is 102 cm³/mol. The summed E-state index contributed by atoms with van der Waals surface area (Å²) in [5.74, 6) is 0.171. The van der Waals surface area contributed by atoms with Crippen molar-refractivity contribution in [1.82, 2.24) is 0 Å². The van der Waals surface area contributed by atoms with Gasteiger partial charge in [-0.2, -0.15) is 0 Å². The van der Waals surface area contributed by atoms with Crippen molar-refractivity contribution in [3.05, 3.63) is 59.2 Å². The van der Waals surface area contributed by atoms with Gasteiger partial charge in [0.1, 0.15) is 18.1 Å². The van der Waals surface area contributed by atoms with Gasteiger partial charge in [-0.05, 0) is 55.3 Å². The summed E-state index contributed by atoms with van der Waals surface area (Å²) in [6.45, 7) is 4.02. The van der Waals surface area contributed by atoms with E-state index in [0.717, 1.165) is 5.57 Å². The monoisotopic (exact) mass is 394 g/mol. The second-order valence-corrected chi connectivity index (χ2v) is 6.14. The van der Waals surface area contributed by atoms with Crippen molar-refractivity contribution in [1.29, 1.82) is 0 Å². The molecule has 150 valence electrons. The number of ether oxygens (including phenoxy) is 3. The SMILES string of the molecule is COc1cc(/C=C/c2cc(OCC=C(C)C)cc(OC(F)(F)F)c2)ccc1O. The largest absolute Gasteiger partial charge is 0.573 e. The number of hydrogen-bond donors (Lipinski definition) is 1. The Hall–Kier alpha value is -3.09. The fourth-order valence-corrected chi connectivity index (χ4v) is 2.26. The van der Waals surface area contributed by atoms with Crippen molar-refractivity contribution in [2.75, 3.05) is 13.7 Å². The van der Waals surface area contributed by atoms with Crippen LogP contribution in [0, 0.1) is 0 Å². The van der Waals surface area contributed by atoms with Crippen LogP contribution in [0.15, 0.2) is 48.0 Å². The van der Waals surface area contributed by atoms with Gasteiger partial charge in [-0.1, -0.05) is 23.8 Å². The first-order valence-corrected chi connectivity index (χ1v) is 8.38. The van der Waals surface area contributed by atoms with Crippen LogP contribution in [0.2, 0.25) is 0 Å². The minimum absolute atomic E-state index is 0.00446. The Balaban J connectivity index is 2.30. The number of rotatable bonds is 7. The molecule has 4 nitrogen and oxygen atoms in total. The number of halogens is 3. The number of phenolic OH excluding ortho intramolecular Hbond substituents is 1. The van der Waals surface area contributed by atoms with Crippen LogP contribution >= 0.6 is 0 Å². The van der Waals surface area contributed by atoms with E-state index in [-0.39, 0.29) is 23.9 Å². The predicted octanol–water partition coefficient (Wildman–Crippen LogP) is 5.81. The van der Waals surface area contributed by atoms with Crippen LogP contribution in [0.5, 0.6) is 23.0 Å². The molecule has 0 saturated heterocycles. The molecule has 0 amide bonds.